The molecule has 0 aliphatic heterocycles. The summed E-state index contributed by atoms with van der Waals surface area (Å²) < 4.78 is 0. The SMILES string of the molecule is CC(O)(CC#N)C1CCCCC1. The second-order valence-electron chi connectivity index (χ2n) is 4.03. The van der Waals surface area contributed by atoms with Crippen LogP contribution in [0.1, 0.15) is 45.4 Å². The summed E-state index contributed by atoms with van der Waals surface area (Å²) in [6.07, 6.45) is 6.18. The first-order valence-corrected chi connectivity index (χ1v) is 4.76. The average molecular weight is 167 g/mol. The highest BCUT2D eigenvalue weighted by Gasteiger charge is 2.32. The summed E-state index contributed by atoms with van der Waals surface area (Å²) >= 11 is 0. The maximum absolute atomic E-state index is 9.92. The van der Waals surface area contributed by atoms with Gasteiger partial charge in [0.25, 0.3) is 0 Å². The Balaban J connectivity index is 2.48. The highest BCUT2D eigenvalue weighted by molar-refractivity contribution is 4.91. The Hall–Kier alpha value is -0.550. The molecule has 1 fully saturated rings. The molecule has 0 spiro atoms. The van der Waals surface area contributed by atoms with E-state index in [1.165, 1.54) is 19.3 Å². The van der Waals surface area contributed by atoms with Crippen LogP contribution in [-0.2, 0) is 0 Å². The molecular formula is C10H17NO. The van der Waals surface area contributed by atoms with Crippen LogP contribution in [0.4, 0.5) is 0 Å². The summed E-state index contributed by atoms with van der Waals surface area (Å²) in [6, 6.07) is 2.06. The lowest BCUT2D eigenvalue weighted by Crippen LogP contribution is -2.35. The number of nitriles is 1. The maximum atomic E-state index is 9.92. The summed E-state index contributed by atoms with van der Waals surface area (Å²) in [5.41, 5.74) is -0.741. The van der Waals surface area contributed by atoms with Gasteiger partial charge in [-0.05, 0) is 25.7 Å². The van der Waals surface area contributed by atoms with E-state index in [-0.39, 0.29) is 6.42 Å². The Bertz CT molecular complexity index is 175. The van der Waals surface area contributed by atoms with Crippen molar-refractivity contribution in [1.82, 2.24) is 0 Å². The molecule has 2 nitrogen and oxygen atoms in total. The molecule has 0 aromatic carbocycles. The minimum absolute atomic E-state index is 0.275. The second kappa shape index (κ2) is 3.91. The standard InChI is InChI=1S/C10H17NO/c1-10(12,7-8-11)9-5-3-2-4-6-9/h9,12H,2-7H2,1H3. The van der Waals surface area contributed by atoms with Gasteiger partial charge in [0, 0.05) is 0 Å². The predicted octanol–water partition coefficient (Wildman–Crippen LogP) is 2.23. The van der Waals surface area contributed by atoms with Crippen molar-refractivity contribution in [3.63, 3.8) is 0 Å². The molecule has 1 N–H and O–H groups in total. The zero-order valence-electron chi connectivity index (χ0n) is 7.71. The molecule has 68 valence electrons. The van der Waals surface area contributed by atoms with E-state index in [0.29, 0.717) is 5.92 Å². The van der Waals surface area contributed by atoms with Crippen LogP contribution in [0.15, 0.2) is 0 Å². The number of nitrogens with zero attached hydrogens (tertiary/aromatic N) is 1. The van der Waals surface area contributed by atoms with E-state index in [9.17, 15) is 5.11 Å². The topological polar surface area (TPSA) is 44.0 Å². The number of rotatable bonds is 2. The monoisotopic (exact) mass is 167 g/mol. The van der Waals surface area contributed by atoms with Gasteiger partial charge in [-0.25, -0.2) is 0 Å². The van der Waals surface area contributed by atoms with E-state index in [0.717, 1.165) is 12.8 Å². The van der Waals surface area contributed by atoms with E-state index in [1.54, 1.807) is 6.92 Å². The fraction of sp³-hybridized carbons (Fsp3) is 0.900. The number of aliphatic hydroxyl groups is 1. The summed E-state index contributed by atoms with van der Waals surface area (Å²) in [5, 5.41) is 18.4. The predicted molar refractivity (Wildman–Crippen MR) is 47.4 cm³/mol. The van der Waals surface area contributed by atoms with Crippen LogP contribution in [0.3, 0.4) is 0 Å². The fourth-order valence-electron chi connectivity index (χ4n) is 2.03. The molecule has 0 heterocycles. The van der Waals surface area contributed by atoms with Gasteiger partial charge in [-0.15, -0.1) is 0 Å². The molecular weight excluding hydrogens is 150 g/mol. The van der Waals surface area contributed by atoms with Gasteiger partial charge in [0.1, 0.15) is 0 Å². The summed E-state index contributed by atoms with van der Waals surface area (Å²) in [5.74, 6) is 0.353. The van der Waals surface area contributed by atoms with E-state index < -0.39 is 5.60 Å². The van der Waals surface area contributed by atoms with Crippen molar-refractivity contribution >= 4 is 0 Å². The zero-order chi connectivity index (χ0) is 9.03. The van der Waals surface area contributed by atoms with Crippen LogP contribution in [0.5, 0.6) is 0 Å². The molecule has 0 amide bonds. The number of hydrogen-bond donors (Lipinski definition) is 1. The molecule has 1 unspecified atom stereocenters. The molecule has 0 saturated heterocycles. The van der Waals surface area contributed by atoms with Gasteiger partial charge < -0.3 is 5.11 Å². The van der Waals surface area contributed by atoms with Crippen LogP contribution in [0.25, 0.3) is 0 Å². The van der Waals surface area contributed by atoms with Gasteiger partial charge in [0.2, 0.25) is 0 Å². The van der Waals surface area contributed by atoms with E-state index in [1.807, 2.05) is 0 Å². The third kappa shape index (κ3) is 2.22. The average Bonchev–Trinajstić information content (AvgIpc) is 2.06. The Morgan fingerprint density at radius 1 is 1.42 bits per heavy atom. The Morgan fingerprint density at radius 3 is 2.50 bits per heavy atom. The molecule has 12 heavy (non-hydrogen) atoms. The first kappa shape index (κ1) is 9.54. The lowest BCUT2D eigenvalue weighted by Gasteiger charge is -2.33. The van der Waals surface area contributed by atoms with Crippen molar-refractivity contribution < 1.29 is 5.11 Å². The number of hydrogen-bond acceptors (Lipinski definition) is 2. The van der Waals surface area contributed by atoms with Gasteiger partial charge in [-0.2, -0.15) is 5.26 Å². The van der Waals surface area contributed by atoms with Gasteiger partial charge >= 0.3 is 0 Å². The summed E-state index contributed by atoms with van der Waals surface area (Å²) in [6.45, 7) is 1.80. The highest BCUT2D eigenvalue weighted by atomic mass is 16.3. The van der Waals surface area contributed by atoms with E-state index in [2.05, 4.69) is 6.07 Å². The molecule has 1 aliphatic carbocycles. The van der Waals surface area contributed by atoms with Gasteiger partial charge in [0.05, 0.1) is 18.1 Å². The van der Waals surface area contributed by atoms with Gasteiger partial charge in [0.15, 0.2) is 0 Å². The maximum Gasteiger partial charge on any atom is 0.0777 e. The minimum atomic E-state index is -0.741. The normalized spacial score (nSPS) is 24.4. The van der Waals surface area contributed by atoms with Crippen molar-refractivity contribution in [2.45, 2.75) is 51.0 Å². The van der Waals surface area contributed by atoms with Crippen molar-refractivity contribution in [2.24, 2.45) is 5.92 Å². The van der Waals surface area contributed by atoms with Crippen LogP contribution in [0, 0.1) is 17.2 Å². The molecule has 0 bridgehead atoms. The molecule has 1 saturated carbocycles. The van der Waals surface area contributed by atoms with E-state index in [4.69, 9.17) is 5.26 Å². The van der Waals surface area contributed by atoms with Crippen LogP contribution in [0.2, 0.25) is 0 Å². The zero-order valence-corrected chi connectivity index (χ0v) is 7.71. The highest BCUT2D eigenvalue weighted by Crippen LogP contribution is 2.34. The van der Waals surface area contributed by atoms with Crippen LogP contribution in [-0.4, -0.2) is 10.7 Å². The minimum Gasteiger partial charge on any atom is -0.389 e. The Labute approximate surface area is 74.2 Å². The molecule has 1 aliphatic rings. The van der Waals surface area contributed by atoms with Gasteiger partial charge in [-0.1, -0.05) is 19.3 Å². The third-order valence-corrected chi connectivity index (χ3v) is 2.92. The molecule has 0 aromatic heterocycles. The quantitative estimate of drug-likeness (QED) is 0.685. The van der Waals surface area contributed by atoms with Crippen molar-refractivity contribution in [3.05, 3.63) is 0 Å². The van der Waals surface area contributed by atoms with Crippen molar-refractivity contribution in [1.29, 1.82) is 5.26 Å². The molecule has 1 atom stereocenters. The third-order valence-electron chi connectivity index (χ3n) is 2.92. The Kier molecular flexibility index (Phi) is 3.11. The molecule has 2 heteroatoms. The second-order valence-corrected chi connectivity index (χ2v) is 4.03. The smallest absolute Gasteiger partial charge is 0.0777 e. The van der Waals surface area contributed by atoms with Crippen molar-refractivity contribution in [2.75, 3.05) is 0 Å². The summed E-state index contributed by atoms with van der Waals surface area (Å²) in [7, 11) is 0. The lowest BCUT2D eigenvalue weighted by atomic mass is 9.76. The van der Waals surface area contributed by atoms with Crippen molar-refractivity contribution in [3.8, 4) is 6.07 Å². The van der Waals surface area contributed by atoms with E-state index >= 15 is 0 Å². The molecule has 0 aromatic rings. The Morgan fingerprint density at radius 2 is 2.00 bits per heavy atom. The van der Waals surface area contributed by atoms with Gasteiger partial charge in [-0.3, -0.25) is 0 Å². The van der Waals surface area contributed by atoms with Crippen LogP contribution >= 0.6 is 0 Å². The lowest BCUT2D eigenvalue weighted by molar-refractivity contribution is -0.0121. The largest absolute Gasteiger partial charge is 0.389 e. The fourth-order valence-corrected chi connectivity index (χ4v) is 2.03. The first-order chi connectivity index (χ1) is 5.67. The summed E-state index contributed by atoms with van der Waals surface area (Å²) in [4.78, 5) is 0. The molecule has 0 radical (unpaired) electrons. The first-order valence-electron chi connectivity index (χ1n) is 4.76. The molecule has 1 rings (SSSR count). The van der Waals surface area contributed by atoms with Crippen LogP contribution < -0.4 is 0 Å².